The van der Waals surface area contributed by atoms with Crippen molar-refractivity contribution in [3.05, 3.63) is 58.4 Å². The van der Waals surface area contributed by atoms with Crippen LogP contribution in [0.4, 0.5) is 10.1 Å². The first-order valence-corrected chi connectivity index (χ1v) is 9.46. The fourth-order valence-corrected chi connectivity index (χ4v) is 3.40. The lowest BCUT2D eigenvalue weighted by molar-refractivity contribution is 0.0936. The predicted molar refractivity (Wildman–Crippen MR) is 97.6 cm³/mol. The zero-order chi connectivity index (χ0) is 19.3. The zero-order valence-electron chi connectivity index (χ0n) is 14.2. The Morgan fingerprint density at radius 1 is 1.23 bits per heavy atom. The summed E-state index contributed by atoms with van der Waals surface area (Å²) in [5, 5.41) is 2.44. The summed E-state index contributed by atoms with van der Waals surface area (Å²) >= 11 is 5.66. The molecule has 0 aliphatic carbocycles. The fraction of sp³-hybridized carbons (Fsp3) is 0.235. The molecule has 0 spiro atoms. The summed E-state index contributed by atoms with van der Waals surface area (Å²) in [5.41, 5.74) is 0.980. The molecule has 0 saturated heterocycles. The minimum atomic E-state index is -3.98. The summed E-state index contributed by atoms with van der Waals surface area (Å²) in [6.45, 7) is 2.35. The third kappa shape index (κ3) is 4.94. The molecule has 1 amide bonds. The summed E-state index contributed by atoms with van der Waals surface area (Å²) < 4.78 is 45.5. The second-order valence-electron chi connectivity index (χ2n) is 5.46. The molecule has 0 unspecified atom stereocenters. The number of benzene rings is 2. The van der Waals surface area contributed by atoms with Crippen LogP contribution in [0, 0.1) is 12.7 Å². The Kier molecular flexibility index (Phi) is 6.57. The number of halogens is 2. The lowest BCUT2D eigenvalue weighted by Crippen LogP contribution is -2.28. The van der Waals surface area contributed by atoms with Crippen molar-refractivity contribution in [2.24, 2.45) is 0 Å². The van der Waals surface area contributed by atoms with Crippen LogP contribution in [-0.4, -0.2) is 34.6 Å². The first kappa shape index (κ1) is 20.2. The van der Waals surface area contributed by atoms with Gasteiger partial charge in [0.15, 0.2) is 0 Å². The molecule has 0 heterocycles. The van der Waals surface area contributed by atoms with Crippen molar-refractivity contribution in [3.63, 3.8) is 0 Å². The largest absolute Gasteiger partial charge is 0.383 e. The Bertz CT molecular complexity index is 919. The molecule has 0 saturated carbocycles. The molecule has 0 bridgehead atoms. The quantitative estimate of drug-likeness (QED) is 0.700. The van der Waals surface area contributed by atoms with Gasteiger partial charge < -0.3 is 10.1 Å². The smallest absolute Gasteiger partial charge is 0.261 e. The molecule has 2 aromatic rings. The van der Waals surface area contributed by atoms with Gasteiger partial charge in [0, 0.05) is 19.2 Å². The van der Waals surface area contributed by atoms with Crippen LogP contribution in [0.2, 0.25) is 5.02 Å². The maximum absolute atomic E-state index is 13.2. The van der Waals surface area contributed by atoms with E-state index in [9.17, 15) is 17.6 Å². The third-order valence-electron chi connectivity index (χ3n) is 3.53. The average molecular weight is 401 g/mol. The number of rotatable bonds is 7. The standard InChI is InChI=1S/C17H18ClFN2O4S/c1-11-3-5-13(10-14(11)17(22)20-7-8-25-2)26(23,24)21-12-4-6-16(19)15(18)9-12/h3-6,9-10,21H,7-8H2,1-2H3,(H,20,22). The van der Waals surface area contributed by atoms with E-state index in [1.807, 2.05) is 0 Å². The van der Waals surface area contributed by atoms with Crippen molar-refractivity contribution in [1.29, 1.82) is 0 Å². The minimum absolute atomic E-state index is 0.0968. The van der Waals surface area contributed by atoms with Crippen LogP contribution in [0.15, 0.2) is 41.3 Å². The van der Waals surface area contributed by atoms with E-state index in [1.54, 1.807) is 6.92 Å². The van der Waals surface area contributed by atoms with Crippen molar-refractivity contribution in [3.8, 4) is 0 Å². The second-order valence-corrected chi connectivity index (χ2v) is 7.55. The summed E-state index contributed by atoms with van der Waals surface area (Å²) in [6.07, 6.45) is 0. The van der Waals surface area contributed by atoms with Gasteiger partial charge in [-0.3, -0.25) is 9.52 Å². The van der Waals surface area contributed by atoms with Gasteiger partial charge in [0.2, 0.25) is 0 Å². The lowest BCUT2D eigenvalue weighted by atomic mass is 10.1. The molecule has 0 fully saturated rings. The van der Waals surface area contributed by atoms with E-state index in [0.717, 1.165) is 6.07 Å². The van der Waals surface area contributed by atoms with Crippen LogP contribution in [0.1, 0.15) is 15.9 Å². The molecule has 2 aromatic carbocycles. The van der Waals surface area contributed by atoms with E-state index in [1.165, 1.54) is 37.4 Å². The fourth-order valence-electron chi connectivity index (χ4n) is 2.15. The molecule has 0 aliphatic rings. The third-order valence-corrected chi connectivity index (χ3v) is 5.20. The average Bonchev–Trinajstić information content (AvgIpc) is 2.58. The van der Waals surface area contributed by atoms with Gasteiger partial charge in [0.25, 0.3) is 15.9 Å². The van der Waals surface area contributed by atoms with Gasteiger partial charge in [-0.1, -0.05) is 17.7 Å². The molecule has 140 valence electrons. The van der Waals surface area contributed by atoms with E-state index in [4.69, 9.17) is 16.3 Å². The van der Waals surface area contributed by atoms with Gasteiger partial charge in [0.1, 0.15) is 5.82 Å². The number of hydrogen-bond donors (Lipinski definition) is 2. The van der Waals surface area contributed by atoms with Gasteiger partial charge in [-0.25, -0.2) is 12.8 Å². The van der Waals surface area contributed by atoms with Gasteiger partial charge in [0.05, 0.1) is 22.2 Å². The first-order chi connectivity index (χ1) is 12.2. The molecule has 9 heteroatoms. The van der Waals surface area contributed by atoms with Crippen molar-refractivity contribution in [2.75, 3.05) is 25.0 Å². The number of sulfonamides is 1. The molecule has 0 atom stereocenters. The van der Waals surface area contributed by atoms with Crippen LogP contribution >= 0.6 is 11.6 Å². The Morgan fingerprint density at radius 3 is 2.62 bits per heavy atom. The molecule has 6 nitrogen and oxygen atoms in total. The van der Waals surface area contributed by atoms with E-state index < -0.39 is 21.7 Å². The van der Waals surface area contributed by atoms with Crippen molar-refractivity contribution in [2.45, 2.75) is 11.8 Å². The van der Waals surface area contributed by atoms with Crippen molar-refractivity contribution in [1.82, 2.24) is 5.32 Å². The van der Waals surface area contributed by atoms with Crippen molar-refractivity contribution < 1.29 is 22.3 Å². The van der Waals surface area contributed by atoms with Crippen LogP contribution in [-0.2, 0) is 14.8 Å². The Hall–Kier alpha value is -2.16. The van der Waals surface area contributed by atoms with E-state index in [0.29, 0.717) is 18.7 Å². The SMILES string of the molecule is COCCNC(=O)c1cc(S(=O)(=O)Nc2ccc(F)c(Cl)c2)ccc1C. The molecule has 26 heavy (non-hydrogen) atoms. The number of carbonyl (C=O) groups is 1. The summed E-state index contributed by atoms with van der Waals surface area (Å²) in [5.74, 6) is -1.05. The zero-order valence-corrected chi connectivity index (χ0v) is 15.7. The van der Waals surface area contributed by atoms with E-state index in [-0.39, 0.29) is 21.2 Å². The van der Waals surface area contributed by atoms with Crippen LogP contribution in [0.5, 0.6) is 0 Å². The highest BCUT2D eigenvalue weighted by Crippen LogP contribution is 2.23. The molecular weight excluding hydrogens is 383 g/mol. The van der Waals surface area contributed by atoms with Gasteiger partial charge >= 0.3 is 0 Å². The van der Waals surface area contributed by atoms with Crippen LogP contribution in [0.25, 0.3) is 0 Å². The highest BCUT2D eigenvalue weighted by Gasteiger charge is 2.18. The number of nitrogens with one attached hydrogen (secondary N) is 2. The summed E-state index contributed by atoms with van der Waals surface area (Å²) in [6, 6.07) is 7.69. The lowest BCUT2D eigenvalue weighted by Gasteiger charge is -2.12. The maximum atomic E-state index is 13.2. The number of carbonyl (C=O) groups excluding carboxylic acids is 1. The second kappa shape index (κ2) is 8.48. The molecule has 2 rings (SSSR count). The van der Waals surface area contributed by atoms with E-state index in [2.05, 4.69) is 10.0 Å². The molecule has 0 aromatic heterocycles. The highest BCUT2D eigenvalue weighted by atomic mass is 35.5. The van der Waals surface area contributed by atoms with Gasteiger partial charge in [-0.05, 0) is 42.8 Å². The van der Waals surface area contributed by atoms with Crippen LogP contribution in [0.3, 0.4) is 0 Å². The highest BCUT2D eigenvalue weighted by molar-refractivity contribution is 7.92. The number of aryl methyl sites for hydroxylation is 1. The molecular formula is C17H18ClFN2O4S. The number of amides is 1. The molecule has 0 radical (unpaired) electrons. The number of methoxy groups -OCH3 is 1. The maximum Gasteiger partial charge on any atom is 0.261 e. The number of hydrogen-bond acceptors (Lipinski definition) is 4. The van der Waals surface area contributed by atoms with E-state index >= 15 is 0 Å². The number of ether oxygens (including phenoxy) is 1. The normalized spacial score (nSPS) is 11.2. The topological polar surface area (TPSA) is 84.5 Å². The van der Waals surface area contributed by atoms with Gasteiger partial charge in [-0.15, -0.1) is 0 Å². The molecule has 0 aliphatic heterocycles. The van der Waals surface area contributed by atoms with Crippen LogP contribution < -0.4 is 10.0 Å². The Morgan fingerprint density at radius 2 is 1.96 bits per heavy atom. The Labute approximate surface area is 156 Å². The first-order valence-electron chi connectivity index (χ1n) is 7.60. The monoisotopic (exact) mass is 400 g/mol. The number of anilines is 1. The van der Waals surface area contributed by atoms with Crippen molar-refractivity contribution >= 4 is 33.2 Å². The summed E-state index contributed by atoms with van der Waals surface area (Å²) in [7, 11) is -2.46. The molecule has 2 N–H and O–H groups in total. The summed E-state index contributed by atoms with van der Waals surface area (Å²) in [4.78, 5) is 12.1. The Balaban J connectivity index is 2.27. The predicted octanol–water partition coefficient (Wildman–Crippen LogP) is 2.96. The van der Waals surface area contributed by atoms with Gasteiger partial charge in [-0.2, -0.15) is 0 Å². The minimum Gasteiger partial charge on any atom is -0.383 e.